The molecule has 1 unspecified atom stereocenters. The second kappa shape index (κ2) is 10.1. The van der Waals surface area contributed by atoms with Crippen molar-refractivity contribution in [3.05, 3.63) is 60.2 Å². The van der Waals surface area contributed by atoms with Gasteiger partial charge >= 0.3 is 5.97 Å². The van der Waals surface area contributed by atoms with Gasteiger partial charge in [-0.05, 0) is 43.2 Å². The van der Waals surface area contributed by atoms with Crippen LogP contribution in [0.5, 0.6) is 5.75 Å². The van der Waals surface area contributed by atoms with Gasteiger partial charge in [0.1, 0.15) is 17.4 Å². The zero-order valence-corrected chi connectivity index (χ0v) is 22.1. The fraction of sp³-hybridized carbons (Fsp3) is 0.444. The third-order valence-corrected chi connectivity index (χ3v) is 8.43. The SMILES string of the molecule is CCOC(=O)[C@@H]1[C@H]2O[C@@]3(CC2Br)[C@H](C(=O)Nc2ccc(OC)cc2)N([C@H](CO)c2ccccc2)C(=O)[C@@H]13. The molecular formula is C27H29BrN2O7. The van der Waals surface area contributed by atoms with Gasteiger partial charge in [-0.25, -0.2) is 0 Å². The van der Waals surface area contributed by atoms with Crippen molar-refractivity contribution in [2.75, 3.05) is 25.6 Å². The molecule has 3 saturated heterocycles. The molecule has 37 heavy (non-hydrogen) atoms. The molecule has 0 aliphatic carbocycles. The normalized spacial score (nSPS) is 30.6. The molecule has 0 saturated carbocycles. The number of likely N-dealkylation sites (tertiary alicyclic amines) is 1. The molecule has 3 heterocycles. The van der Waals surface area contributed by atoms with E-state index in [0.29, 0.717) is 23.4 Å². The van der Waals surface area contributed by atoms with Gasteiger partial charge in [-0.2, -0.15) is 0 Å². The number of anilines is 1. The van der Waals surface area contributed by atoms with Crippen LogP contribution in [-0.2, 0) is 23.9 Å². The lowest BCUT2D eigenvalue weighted by atomic mass is 9.70. The van der Waals surface area contributed by atoms with Crippen molar-refractivity contribution in [1.29, 1.82) is 0 Å². The zero-order chi connectivity index (χ0) is 26.3. The second-order valence-electron chi connectivity index (χ2n) is 9.49. The largest absolute Gasteiger partial charge is 0.497 e. The summed E-state index contributed by atoms with van der Waals surface area (Å²) in [5.41, 5.74) is -0.0654. The van der Waals surface area contributed by atoms with E-state index < -0.39 is 60.0 Å². The number of rotatable bonds is 8. The maximum Gasteiger partial charge on any atom is 0.312 e. The molecule has 2 aromatic rings. The van der Waals surface area contributed by atoms with E-state index in [9.17, 15) is 19.5 Å². The number of ether oxygens (including phenoxy) is 3. The predicted molar refractivity (Wildman–Crippen MR) is 137 cm³/mol. The monoisotopic (exact) mass is 572 g/mol. The number of aliphatic hydroxyl groups is 1. The topological polar surface area (TPSA) is 114 Å². The van der Waals surface area contributed by atoms with E-state index >= 15 is 0 Å². The zero-order valence-electron chi connectivity index (χ0n) is 20.5. The smallest absolute Gasteiger partial charge is 0.312 e. The Morgan fingerprint density at radius 2 is 1.92 bits per heavy atom. The molecule has 1 spiro atoms. The molecule has 2 aromatic carbocycles. The quantitative estimate of drug-likeness (QED) is 0.369. The fourth-order valence-electron chi connectivity index (χ4n) is 6.13. The van der Waals surface area contributed by atoms with Crippen LogP contribution in [-0.4, -0.2) is 70.7 Å². The van der Waals surface area contributed by atoms with Gasteiger partial charge in [0.05, 0.1) is 44.3 Å². The standard InChI is InChI=1S/C27H29BrN2O7/c1-3-36-26(34)20-21-25(33)30(19(14-31)15-7-5-4-6-8-15)23(27(21)13-18(28)22(20)37-27)24(32)29-16-9-11-17(35-2)12-10-16/h4-12,18-23,31H,3,13-14H2,1-2H3,(H,29,32)/t18?,19-,20+,21-,22+,23+,27-/m1/s1. The molecule has 196 valence electrons. The van der Waals surface area contributed by atoms with Gasteiger partial charge in [0, 0.05) is 10.5 Å². The van der Waals surface area contributed by atoms with Gasteiger partial charge in [0.25, 0.3) is 0 Å². The number of hydrogen-bond acceptors (Lipinski definition) is 7. The molecule has 3 fully saturated rings. The molecule has 5 rings (SSSR count). The highest BCUT2D eigenvalue weighted by Gasteiger charge is 2.77. The number of hydrogen-bond donors (Lipinski definition) is 2. The van der Waals surface area contributed by atoms with Crippen LogP contribution in [0.3, 0.4) is 0 Å². The molecule has 3 aliphatic rings. The van der Waals surface area contributed by atoms with Crippen LogP contribution in [0.4, 0.5) is 5.69 Å². The Morgan fingerprint density at radius 3 is 2.54 bits per heavy atom. The molecule has 2 N–H and O–H groups in total. The highest BCUT2D eigenvalue weighted by Crippen LogP contribution is 2.61. The van der Waals surface area contributed by atoms with Gasteiger partial charge in [0.2, 0.25) is 11.8 Å². The summed E-state index contributed by atoms with van der Waals surface area (Å²) in [7, 11) is 1.55. The molecule has 9 nitrogen and oxygen atoms in total. The maximum absolute atomic E-state index is 14.1. The minimum Gasteiger partial charge on any atom is -0.497 e. The molecule has 0 aromatic heterocycles. The summed E-state index contributed by atoms with van der Waals surface area (Å²) in [6.45, 7) is 1.46. The van der Waals surface area contributed by atoms with Crippen molar-refractivity contribution in [2.45, 2.75) is 42.0 Å². The van der Waals surface area contributed by atoms with Crippen molar-refractivity contribution in [3.8, 4) is 5.75 Å². The van der Waals surface area contributed by atoms with Crippen molar-refractivity contribution >= 4 is 39.4 Å². The lowest BCUT2D eigenvalue weighted by molar-refractivity contribution is -0.155. The van der Waals surface area contributed by atoms with Crippen LogP contribution < -0.4 is 10.1 Å². The minimum atomic E-state index is -1.26. The van der Waals surface area contributed by atoms with Gasteiger partial charge in [-0.15, -0.1) is 0 Å². The first-order valence-corrected chi connectivity index (χ1v) is 13.2. The summed E-state index contributed by atoms with van der Waals surface area (Å²) < 4.78 is 17.0. The lowest BCUT2D eigenvalue weighted by Crippen LogP contribution is -2.54. The van der Waals surface area contributed by atoms with Crippen LogP contribution in [0.1, 0.15) is 24.9 Å². The van der Waals surface area contributed by atoms with E-state index in [-0.39, 0.29) is 11.4 Å². The molecule has 10 heteroatoms. The second-order valence-corrected chi connectivity index (χ2v) is 10.7. The van der Waals surface area contributed by atoms with E-state index in [4.69, 9.17) is 14.2 Å². The Morgan fingerprint density at radius 1 is 1.22 bits per heavy atom. The number of amides is 2. The summed E-state index contributed by atoms with van der Waals surface area (Å²) in [6, 6.07) is 14.0. The summed E-state index contributed by atoms with van der Waals surface area (Å²) in [6.07, 6.45) is -0.246. The number of carbonyl (C=O) groups is 3. The number of carbonyl (C=O) groups excluding carboxylic acids is 3. The van der Waals surface area contributed by atoms with Crippen LogP contribution in [0.2, 0.25) is 0 Å². The maximum atomic E-state index is 14.1. The van der Waals surface area contributed by atoms with E-state index in [2.05, 4.69) is 21.2 Å². The van der Waals surface area contributed by atoms with Gasteiger partial charge < -0.3 is 29.5 Å². The predicted octanol–water partition coefficient (Wildman–Crippen LogP) is 2.68. The number of nitrogens with zero attached hydrogens (tertiary/aromatic N) is 1. The molecule has 0 radical (unpaired) electrons. The number of aliphatic hydroxyl groups excluding tert-OH is 1. The summed E-state index contributed by atoms with van der Waals surface area (Å²) >= 11 is 3.63. The molecule has 7 atom stereocenters. The average Bonchev–Trinajstić information content (AvgIpc) is 3.49. The van der Waals surface area contributed by atoms with Crippen molar-refractivity contribution < 1.29 is 33.7 Å². The first-order chi connectivity index (χ1) is 17.9. The number of benzene rings is 2. The Kier molecular flexibility index (Phi) is 6.99. The fourth-order valence-corrected chi connectivity index (χ4v) is 7.07. The number of fused-ring (bicyclic) bond motifs is 1. The van der Waals surface area contributed by atoms with Crippen molar-refractivity contribution in [1.82, 2.24) is 4.90 Å². The lowest BCUT2D eigenvalue weighted by Gasteiger charge is -2.37. The van der Waals surface area contributed by atoms with Gasteiger partial charge in [-0.1, -0.05) is 46.3 Å². The van der Waals surface area contributed by atoms with Crippen molar-refractivity contribution in [2.24, 2.45) is 11.8 Å². The van der Waals surface area contributed by atoms with Gasteiger partial charge in [-0.3, -0.25) is 14.4 Å². The average molecular weight is 573 g/mol. The van der Waals surface area contributed by atoms with Crippen molar-refractivity contribution in [3.63, 3.8) is 0 Å². The highest BCUT2D eigenvalue weighted by atomic mass is 79.9. The first-order valence-electron chi connectivity index (χ1n) is 12.3. The number of esters is 1. The Balaban J connectivity index is 1.58. The summed E-state index contributed by atoms with van der Waals surface area (Å²) in [4.78, 5) is 42.3. The molecule has 3 aliphatic heterocycles. The Bertz CT molecular complexity index is 1180. The van der Waals surface area contributed by atoms with Crippen LogP contribution in [0.25, 0.3) is 0 Å². The van der Waals surface area contributed by atoms with Crippen LogP contribution >= 0.6 is 15.9 Å². The number of methoxy groups -OCH3 is 1. The third-order valence-electron chi connectivity index (χ3n) is 7.58. The third kappa shape index (κ3) is 4.11. The van der Waals surface area contributed by atoms with E-state index in [1.165, 1.54) is 4.90 Å². The highest BCUT2D eigenvalue weighted by molar-refractivity contribution is 9.09. The number of halogens is 1. The number of alkyl halides is 1. The van der Waals surface area contributed by atoms with Crippen LogP contribution in [0, 0.1) is 11.8 Å². The minimum absolute atomic E-state index is 0.164. The van der Waals surface area contributed by atoms with Crippen LogP contribution in [0.15, 0.2) is 54.6 Å². The van der Waals surface area contributed by atoms with E-state index in [0.717, 1.165) is 0 Å². The van der Waals surface area contributed by atoms with Gasteiger partial charge in [0.15, 0.2) is 0 Å². The first kappa shape index (κ1) is 25.7. The Labute approximate surface area is 223 Å². The van der Waals surface area contributed by atoms with E-state index in [1.54, 1.807) is 50.4 Å². The summed E-state index contributed by atoms with van der Waals surface area (Å²) in [5, 5.41) is 13.4. The summed E-state index contributed by atoms with van der Waals surface area (Å²) in [5.74, 6) is -2.51. The molecule has 2 bridgehead atoms. The molecule has 2 amide bonds. The molecular weight excluding hydrogens is 544 g/mol. The van der Waals surface area contributed by atoms with E-state index in [1.807, 2.05) is 18.2 Å². The Hall–Kier alpha value is -2.95. The number of nitrogens with one attached hydrogen (secondary N) is 1.